The van der Waals surface area contributed by atoms with Gasteiger partial charge < -0.3 is 5.11 Å². The largest absolute Gasteiger partial charge is 0.507 e. The van der Waals surface area contributed by atoms with Gasteiger partial charge in [0, 0.05) is 12.8 Å². The number of aryl methyl sites for hydroxylation is 1. The SMILES string of the molecule is Cc1cc(Cc2ccccc2)c(O)c(Cc2ccccc2)c1. The van der Waals surface area contributed by atoms with Crippen molar-refractivity contribution < 1.29 is 5.11 Å². The van der Waals surface area contributed by atoms with Crippen LogP contribution >= 0.6 is 0 Å². The first-order valence-electron chi connectivity index (χ1n) is 7.61. The van der Waals surface area contributed by atoms with Gasteiger partial charge in [-0.2, -0.15) is 0 Å². The van der Waals surface area contributed by atoms with Crippen LogP contribution in [0.25, 0.3) is 0 Å². The predicted octanol–water partition coefficient (Wildman–Crippen LogP) is 4.88. The number of aromatic hydroxyl groups is 1. The summed E-state index contributed by atoms with van der Waals surface area (Å²) in [6.45, 7) is 2.09. The van der Waals surface area contributed by atoms with E-state index in [2.05, 4.69) is 43.3 Å². The smallest absolute Gasteiger partial charge is 0.122 e. The van der Waals surface area contributed by atoms with Crippen molar-refractivity contribution >= 4 is 0 Å². The molecular formula is C21H20O. The van der Waals surface area contributed by atoms with Crippen molar-refractivity contribution in [2.24, 2.45) is 0 Å². The first-order chi connectivity index (χ1) is 10.7. The molecule has 0 saturated carbocycles. The highest BCUT2D eigenvalue weighted by Gasteiger charge is 2.10. The summed E-state index contributed by atoms with van der Waals surface area (Å²) in [5.41, 5.74) is 5.62. The molecule has 0 unspecified atom stereocenters. The fraction of sp³-hybridized carbons (Fsp3) is 0.143. The maximum Gasteiger partial charge on any atom is 0.122 e. The molecule has 1 nitrogen and oxygen atoms in total. The summed E-state index contributed by atoms with van der Waals surface area (Å²) in [7, 11) is 0. The molecule has 22 heavy (non-hydrogen) atoms. The van der Waals surface area contributed by atoms with Crippen molar-refractivity contribution in [3.05, 3.63) is 101 Å². The highest BCUT2D eigenvalue weighted by Crippen LogP contribution is 2.28. The van der Waals surface area contributed by atoms with Crippen LogP contribution in [0.1, 0.15) is 27.8 Å². The summed E-state index contributed by atoms with van der Waals surface area (Å²) >= 11 is 0. The van der Waals surface area contributed by atoms with Crippen molar-refractivity contribution in [1.82, 2.24) is 0 Å². The summed E-state index contributed by atoms with van der Waals surface area (Å²) in [5.74, 6) is 0.429. The Kier molecular flexibility index (Phi) is 4.24. The van der Waals surface area contributed by atoms with Crippen molar-refractivity contribution in [3.8, 4) is 5.75 Å². The van der Waals surface area contributed by atoms with E-state index in [9.17, 15) is 5.11 Å². The average Bonchev–Trinajstić information content (AvgIpc) is 2.54. The number of hydrogen-bond donors (Lipinski definition) is 1. The van der Waals surface area contributed by atoms with Gasteiger partial charge in [-0.3, -0.25) is 0 Å². The fourth-order valence-corrected chi connectivity index (χ4v) is 2.84. The lowest BCUT2D eigenvalue weighted by Gasteiger charge is -2.12. The zero-order valence-electron chi connectivity index (χ0n) is 12.8. The maximum atomic E-state index is 10.6. The Labute approximate surface area is 131 Å². The second kappa shape index (κ2) is 6.48. The molecular weight excluding hydrogens is 268 g/mol. The van der Waals surface area contributed by atoms with E-state index < -0.39 is 0 Å². The van der Waals surface area contributed by atoms with Gasteiger partial charge in [-0.1, -0.05) is 78.4 Å². The lowest BCUT2D eigenvalue weighted by molar-refractivity contribution is 0.463. The summed E-state index contributed by atoms with van der Waals surface area (Å²) in [4.78, 5) is 0. The molecule has 3 aromatic rings. The molecule has 1 heteroatoms. The van der Waals surface area contributed by atoms with Crippen LogP contribution in [0, 0.1) is 6.92 Å². The van der Waals surface area contributed by atoms with Gasteiger partial charge in [-0.05, 0) is 29.2 Å². The van der Waals surface area contributed by atoms with Gasteiger partial charge in [-0.15, -0.1) is 0 Å². The Bertz CT molecular complexity index is 683. The van der Waals surface area contributed by atoms with E-state index in [-0.39, 0.29) is 0 Å². The fourth-order valence-electron chi connectivity index (χ4n) is 2.84. The van der Waals surface area contributed by atoms with Gasteiger partial charge >= 0.3 is 0 Å². The van der Waals surface area contributed by atoms with Crippen molar-refractivity contribution in [3.63, 3.8) is 0 Å². The van der Waals surface area contributed by atoms with Crippen LogP contribution in [0.5, 0.6) is 5.75 Å². The molecule has 0 aliphatic heterocycles. The van der Waals surface area contributed by atoms with Crippen LogP contribution in [0.15, 0.2) is 72.8 Å². The van der Waals surface area contributed by atoms with Gasteiger partial charge in [0.05, 0.1) is 0 Å². The van der Waals surface area contributed by atoms with Crippen LogP contribution in [0.2, 0.25) is 0 Å². The van der Waals surface area contributed by atoms with Gasteiger partial charge in [0.2, 0.25) is 0 Å². The minimum absolute atomic E-state index is 0.429. The van der Waals surface area contributed by atoms with Crippen LogP contribution in [0.4, 0.5) is 0 Å². The molecule has 1 N–H and O–H groups in total. The molecule has 0 radical (unpaired) electrons. The van der Waals surface area contributed by atoms with Crippen molar-refractivity contribution in [2.45, 2.75) is 19.8 Å². The third kappa shape index (κ3) is 3.37. The van der Waals surface area contributed by atoms with Crippen LogP contribution in [-0.4, -0.2) is 5.11 Å². The summed E-state index contributed by atoms with van der Waals surface area (Å²) in [6, 6.07) is 24.7. The summed E-state index contributed by atoms with van der Waals surface area (Å²) in [6.07, 6.45) is 1.52. The van der Waals surface area contributed by atoms with Gasteiger partial charge in [0.25, 0.3) is 0 Å². The number of phenolic OH excluding ortho intramolecular Hbond substituents is 1. The number of benzene rings is 3. The lowest BCUT2D eigenvalue weighted by Crippen LogP contribution is -1.96. The molecule has 0 aliphatic rings. The summed E-state index contributed by atoms with van der Waals surface area (Å²) in [5, 5.41) is 10.6. The molecule has 0 aromatic heterocycles. The molecule has 0 aliphatic carbocycles. The third-order valence-corrected chi connectivity index (χ3v) is 3.89. The molecule has 110 valence electrons. The number of rotatable bonds is 4. The van der Waals surface area contributed by atoms with Crippen molar-refractivity contribution in [2.75, 3.05) is 0 Å². The Hall–Kier alpha value is -2.54. The average molecular weight is 288 g/mol. The Morgan fingerprint density at radius 1 is 0.682 bits per heavy atom. The van der Waals surface area contributed by atoms with Gasteiger partial charge in [0.15, 0.2) is 0 Å². The molecule has 0 heterocycles. The molecule has 3 rings (SSSR count). The second-order valence-corrected chi connectivity index (χ2v) is 5.76. The van der Waals surface area contributed by atoms with E-state index in [4.69, 9.17) is 0 Å². The topological polar surface area (TPSA) is 20.2 Å². The molecule has 0 amide bonds. The standard InChI is InChI=1S/C21H20O/c1-16-12-19(14-17-8-4-2-5-9-17)21(22)20(13-16)15-18-10-6-3-7-11-18/h2-13,22H,14-15H2,1H3. The molecule has 3 aromatic carbocycles. The Morgan fingerprint density at radius 3 is 1.50 bits per heavy atom. The Balaban J connectivity index is 1.92. The highest BCUT2D eigenvalue weighted by molar-refractivity contribution is 5.47. The quantitative estimate of drug-likeness (QED) is 0.725. The zero-order valence-corrected chi connectivity index (χ0v) is 12.8. The first-order valence-corrected chi connectivity index (χ1v) is 7.61. The molecule has 0 atom stereocenters. The van der Waals surface area contributed by atoms with E-state index in [1.54, 1.807) is 0 Å². The first kappa shape index (κ1) is 14.4. The molecule has 0 spiro atoms. The van der Waals surface area contributed by atoms with E-state index in [0.717, 1.165) is 24.0 Å². The van der Waals surface area contributed by atoms with Crippen LogP contribution in [-0.2, 0) is 12.8 Å². The lowest BCUT2D eigenvalue weighted by atomic mass is 9.95. The van der Waals surface area contributed by atoms with Crippen molar-refractivity contribution in [1.29, 1.82) is 0 Å². The number of hydrogen-bond acceptors (Lipinski definition) is 1. The molecule has 0 bridgehead atoms. The van der Waals surface area contributed by atoms with E-state index >= 15 is 0 Å². The summed E-state index contributed by atoms with van der Waals surface area (Å²) < 4.78 is 0. The van der Waals surface area contributed by atoms with E-state index in [1.807, 2.05) is 36.4 Å². The minimum Gasteiger partial charge on any atom is -0.507 e. The van der Waals surface area contributed by atoms with Crippen LogP contribution < -0.4 is 0 Å². The van der Waals surface area contributed by atoms with Gasteiger partial charge in [0.1, 0.15) is 5.75 Å². The maximum absolute atomic E-state index is 10.6. The second-order valence-electron chi connectivity index (χ2n) is 5.76. The monoisotopic (exact) mass is 288 g/mol. The van der Waals surface area contributed by atoms with E-state index in [1.165, 1.54) is 16.7 Å². The highest BCUT2D eigenvalue weighted by atomic mass is 16.3. The third-order valence-electron chi connectivity index (χ3n) is 3.89. The van der Waals surface area contributed by atoms with Crippen LogP contribution in [0.3, 0.4) is 0 Å². The number of phenols is 1. The predicted molar refractivity (Wildman–Crippen MR) is 91.3 cm³/mol. The normalized spacial score (nSPS) is 10.6. The minimum atomic E-state index is 0.429. The van der Waals surface area contributed by atoms with E-state index in [0.29, 0.717) is 5.75 Å². The molecule has 0 saturated heterocycles. The Morgan fingerprint density at radius 2 is 1.09 bits per heavy atom. The molecule has 0 fully saturated rings. The van der Waals surface area contributed by atoms with Gasteiger partial charge in [-0.25, -0.2) is 0 Å². The zero-order chi connectivity index (χ0) is 15.4.